The number of nitrogens with one attached hydrogen (secondary N) is 2. The van der Waals surface area contributed by atoms with Crippen LogP contribution in [0.1, 0.15) is 31.4 Å². The van der Waals surface area contributed by atoms with Crippen molar-refractivity contribution >= 4 is 33.2 Å². The molecule has 0 radical (unpaired) electrons. The van der Waals surface area contributed by atoms with Gasteiger partial charge in [0.2, 0.25) is 10.0 Å². The van der Waals surface area contributed by atoms with E-state index in [0.717, 1.165) is 18.4 Å². The van der Waals surface area contributed by atoms with Crippen molar-refractivity contribution in [2.24, 2.45) is 0 Å². The first kappa shape index (κ1) is 16.0. The molecule has 0 bridgehead atoms. The lowest BCUT2D eigenvalue weighted by atomic mass is 10.1. The van der Waals surface area contributed by atoms with E-state index in [1.807, 2.05) is 0 Å². The average molecular weight is 337 g/mol. The van der Waals surface area contributed by atoms with Crippen molar-refractivity contribution in [2.75, 3.05) is 12.3 Å². The van der Waals surface area contributed by atoms with Crippen LogP contribution in [0.15, 0.2) is 18.2 Å². The maximum atomic E-state index is 12.0. The highest BCUT2D eigenvalue weighted by Gasteiger charge is 2.22. The fourth-order valence-electron chi connectivity index (χ4n) is 1.93. The molecule has 1 aliphatic carbocycles. The molecule has 0 amide bonds. The standard InChI is InChI=1S/C13H18Cl2N2O2S/c1-9(12-5-2-10(14)8-13(12)15)17-20(18,19)7-6-16-11-3-4-11/h2,5,8-9,11,16-17H,3-4,6-7H2,1H3. The highest BCUT2D eigenvalue weighted by molar-refractivity contribution is 7.89. The molecule has 0 aromatic heterocycles. The van der Waals surface area contributed by atoms with E-state index in [2.05, 4.69) is 10.0 Å². The topological polar surface area (TPSA) is 58.2 Å². The highest BCUT2D eigenvalue weighted by Crippen LogP contribution is 2.26. The summed E-state index contributed by atoms with van der Waals surface area (Å²) in [4.78, 5) is 0. The van der Waals surface area contributed by atoms with Crippen LogP contribution in [0.25, 0.3) is 0 Å². The van der Waals surface area contributed by atoms with Gasteiger partial charge in [-0.05, 0) is 37.5 Å². The summed E-state index contributed by atoms with van der Waals surface area (Å²) in [5.74, 6) is 0.0685. The van der Waals surface area contributed by atoms with Gasteiger partial charge in [-0.25, -0.2) is 13.1 Å². The van der Waals surface area contributed by atoms with E-state index in [4.69, 9.17) is 23.2 Å². The summed E-state index contributed by atoms with van der Waals surface area (Å²) >= 11 is 11.9. The summed E-state index contributed by atoms with van der Waals surface area (Å²) in [6.07, 6.45) is 2.29. The van der Waals surface area contributed by atoms with Gasteiger partial charge < -0.3 is 5.32 Å². The molecule has 1 unspecified atom stereocenters. The van der Waals surface area contributed by atoms with Gasteiger partial charge in [-0.3, -0.25) is 0 Å². The molecule has 1 aromatic rings. The highest BCUT2D eigenvalue weighted by atomic mass is 35.5. The predicted octanol–water partition coefficient (Wildman–Crippen LogP) is 2.73. The van der Waals surface area contributed by atoms with Crippen LogP contribution in [-0.4, -0.2) is 26.8 Å². The van der Waals surface area contributed by atoms with Gasteiger partial charge in [0.1, 0.15) is 0 Å². The van der Waals surface area contributed by atoms with Crippen molar-refractivity contribution in [2.45, 2.75) is 31.8 Å². The minimum atomic E-state index is -3.33. The zero-order chi connectivity index (χ0) is 14.8. The quantitative estimate of drug-likeness (QED) is 0.804. The zero-order valence-electron chi connectivity index (χ0n) is 11.2. The van der Waals surface area contributed by atoms with Crippen LogP contribution in [-0.2, 0) is 10.0 Å². The van der Waals surface area contributed by atoms with E-state index >= 15 is 0 Å². The van der Waals surface area contributed by atoms with Crippen LogP contribution in [0.3, 0.4) is 0 Å². The number of hydrogen-bond acceptors (Lipinski definition) is 3. The fourth-order valence-corrected chi connectivity index (χ4v) is 3.67. The van der Waals surface area contributed by atoms with Crippen molar-refractivity contribution in [1.82, 2.24) is 10.0 Å². The van der Waals surface area contributed by atoms with Crippen LogP contribution in [0.2, 0.25) is 10.0 Å². The summed E-state index contributed by atoms with van der Waals surface area (Å²) in [6, 6.07) is 5.17. The third-order valence-corrected chi connectivity index (χ3v) is 5.18. The lowest BCUT2D eigenvalue weighted by Crippen LogP contribution is -2.34. The fraction of sp³-hybridized carbons (Fsp3) is 0.538. The Morgan fingerprint density at radius 3 is 2.65 bits per heavy atom. The molecule has 112 valence electrons. The minimum Gasteiger partial charge on any atom is -0.313 e. The third kappa shape index (κ3) is 4.90. The molecule has 0 spiro atoms. The normalized spacial score (nSPS) is 17.1. The second kappa shape index (κ2) is 6.62. The van der Waals surface area contributed by atoms with Gasteiger partial charge in [0.05, 0.1) is 5.75 Å². The Balaban J connectivity index is 1.92. The van der Waals surface area contributed by atoms with Crippen LogP contribution >= 0.6 is 23.2 Å². The Bertz CT molecular complexity index is 574. The van der Waals surface area contributed by atoms with Crippen molar-refractivity contribution in [3.63, 3.8) is 0 Å². The molecule has 0 saturated heterocycles. The Kier molecular flexibility index (Phi) is 5.31. The van der Waals surface area contributed by atoms with Crippen LogP contribution in [0.4, 0.5) is 0 Å². The largest absolute Gasteiger partial charge is 0.313 e. The SMILES string of the molecule is CC(NS(=O)(=O)CCNC1CC1)c1ccc(Cl)cc1Cl. The molecule has 1 aromatic carbocycles. The predicted molar refractivity (Wildman–Crippen MR) is 82.8 cm³/mol. The summed E-state index contributed by atoms with van der Waals surface area (Å²) in [7, 11) is -3.33. The molecule has 7 heteroatoms. The van der Waals surface area contributed by atoms with Crippen molar-refractivity contribution in [3.05, 3.63) is 33.8 Å². The lowest BCUT2D eigenvalue weighted by Gasteiger charge is -2.16. The first-order valence-corrected chi connectivity index (χ1v) is 8.96. The van der Waals surface area contributed by atoms with E-state index in [9.17, 15) is 8.42 Å². The maximum absolute atomic E-state index is 12.0. The lowest BCUT2D eigenvalue weighted by molar-refractivity contribution is 0.562. The van der Waals surface area contributed by atoms with E-state index in [1.165, 1.54) is 0 Å². The first-order valence-electron chi connectivity index (χ1n) is 6.56. The number of rotatable bonds is 7. The average Bonchev–Trinajstić information content (AvgIpc) is 3.11. The number of sulfonamides is 1. The summed E-state index contributed by atoms with van der Waals surface area (Å²) in [5.41, 5.74) is 0.717. The number of halogens is 2. The summed E-state index contributed by atoms with van der Waals surface area (Å²) in [5, 5.41) is 4.17. The second-order valence-electron chi connectivity index (χ2n) is 5.05. The molecule has 2 N–H and O–H groups in total. The molecule has 0 heterocycles. The van der Waals surface area contributed by atoms with Crippen LogP contribution < -0.4 is 10.0 Å². The molecule has 2 rings (SSSR count). The monoisotopic (exact) mass is 336 g/mol. The second-order valence-corrected chi connectivity index (χ2v) is 7.77. The van der Waals surface area contributed by atoms with Crippen molar-refractivity contribution in [3.8, 4) is 0 Å². The number of benzene rings is 1. The maximum Gasteiger partial charge on any atom is 0.213 e. The molecule has 4 nitrogen and oxygen atoms in total. The van der Waals surface area contributed by atoms with E-state index in [0.29, 0.717) is 22.6 Å². The Morgan fingerprint density at radius 1 is 1.35 bits per heavy atom. The first-order chi connectivity index (χ1) is 9.37. The van der Waals surface area contributed by atoms with E-state index < -0.39 is 10.0 Å². The van der Waals surface area contributed by atoms with Crippen molar-refractivity contribution in [1.29, 1.82) is 0 Å². The zero-order valence-corrected chi connectivity index (χ0v) is 13.5. The van der Waals surface area contributed by atoms with Gasteiger partial charge in [0.25, 0.3) is 0 Å². The molecular weight excluding hydrogens is 319 g/mol. The van der Waals surface area contributed by atoms with Crippen LogP contribution in [0.5, 0.6) is 0 Å². The van der Waals surface area contributed by atoms with Gasteiger partial charge in [0.15, 0.2) is 0 Å². The Hall–Kier alpha value is -0.330. The Labute approximate surface area is 129 Å². The van der Waals surface area contributed by atoms with E-state index in [1.54, 1.807) is 25.1 Å². The third-order valence-electron chi connectivity index (χ3n) is 3.17. The summed E-state index contributed by atoms with van der Waals surface area (Å²) < 4.78 is 26.6. The molecule has 0 aliphatic heterocycles. The van der Waals surface area contributed by atoms with Gasteiger partial charge in [0, 0.05) is 28.7 Å². The number of hydrogen-bond donors (Lipinski definition) is 2. The van der Waals surface area contributed by atoms with E-state index in [-0.39, 0.29) is 11.8 Å². The molecule has 1 fully saturated rings. The molecule has 20 heavy (non-hydrogen) atoms. The molecule has 1 saturated carbocycles. The van der Waals surface area contributed by atoms with Gasteiger partial charge in [-0.1, -0.05) is 29.3 Å². The Morgan fingerprint density at radius 2 is 2.05 bits per heavy atom. The smallest absolute Gasteiger partial charge is 0.213 e. The molecule has 1 atom stereocenters. The van der Waals surface area contributed by atoms with Gasteiger partial charge in [-0.15, -0.1) is 0 Å². The van der Waals surface area contributed by atoms with Crippen LogP contribution in [0, 0.1) is 0 Å². The molecular formula is C13H18Cl2N2O2S. The van der Waals surface area contributed by atoms with Gasteiger partial charge >= 0.3 is 0 Å². The van der Waals surface area contributed by atoms with Crippen molar-refractivity contribution < 1.29 is 8.42 Å². The van der Waals surface area contributed by atoms with Gasteiger partial charge in [-0.2, -0.15) is 0 Å². The molecule has 1 aliphatic rings. The summed E-state index contributed by atoms with van der Waals surface area (Å²) in [6.45, 7) is 2.24. The minimum absolute atomic E-state index is 0.0685.